The highest BCUT2D eigenvalue weighted by Crippen LogP contribution is 2.52. The van der Waals surface area contributed by atoms with Crippen LogP contribution in [-0.4, -0.2) is 24.5 Å². The van der Waals surface area contributed by atoms with Crippen molar-refractivity contribution in [2.45, 2.75) is 19.3 Å². The van der Waals surface area contributed by atoms with Gasteiger partial charge in [-0.1, -0.05) is 129 Å². The van der Waals surface area contributed by atoms with Crippen LogP contribution in [-0.2, 0) is 5.41 Å². The molecule has 0 bridgehead atoms. The summed E-state index contributed by atoms with van der Waals surface area (Å²) >= 11 is 0. The number of para-hydroxylation sites is 1. The molecular weight excluding hydrogens is 675 g/mol. The molecule has 0 amide bonds. The van der Waals surface area contributed by atoms with E-state index in [0.29, 0.717) is 17.5 Å². The van der Waals surface area contributed by atoms with Crippen LogP contribution >= 0.6 is 0 Å². The molecule has 0 fully saturated rings. The molecule has 6 heteroatoms. The van der Waals surface area contributed by atoms with Crippen molar-refractivity contribution in [1.29, 1.82) is 0 Å². The average molecular weight is 708 g/mol. The quantitative estimate of drug-likeness (QED) is 0.178. The molecule has 0 saturated heterocycles. The van der Waals surface area contributed by atoms with Crippen LogP contribution in [0.2, 0.25) is 0 Å². The van der Waals surface area contributed by atoms with Crippen LogP contribution in [0.4, 0.5) is 0 Å². The van der Waals surface area contributed by atoms with Crippen LogP contribution in [0, 0.1) is 0 Å². The van der Waals surface area contributed by atoms with Gasteiger partial charge in [0.1, 0.15) is 5.52 Å². The second kappa shape index (κ2) is 11.9. The zero-order valence-electron chi connectivity index (χ0n) is 30.2. The molecule has 0 spiro atoms. The molecule has 0 radical (unpaired) electrons. The topological polar surface area (TPSA) is 69.6 Å². The highest BCUT2D eigenvalue weighted by molar-refractivity contribution is 6.10. The molecule has 3 heterocycles. The van der Waals surface area contributed by atoms with Gasteiger partial charge in [-0.3, -0.25) is 0 Å². The van der Waals surface area contributed by atoms with Gasteiger partial charge in [0.05, 0.1) is 11.0 Å². The van der Waals surface area contributed by atoms with Crippen LogP contribution in [0.5, 0.6) is 0 Å². The largest absolute Gasteiger partial charge is 0.443 e. The standard InChI is InChI=1S/C49H33N5O/c1-49(2)39-23-24-41-45(55-29-50-41)44(39)37-22-20-33(28-40(37)49)32-21-25-43-38(27-32)36-18-9-10-19-42(36)54(43)35-17-11-16-34(26-35)48-52-46(30-12-5-3-6-13-30)51-47(53-48)31-14-7-4-8-15-31/h3-29H,1-2H3. The summed E-state index contributed by atoms with van der Waals surface area (Å²) in [5.74, 6) is 1.91. The molecule has 0 N–H and O–H groups in total. The first-order valence-electron chi connectivity index (χ1n) is 18.5. The van der Waals surface area contributed by atoms with Gasteiger partial charge in [0.25, 0.3) is 0 Å². The summed E-state index contributed by atoms with van der Waals surface area (Å²) in [6.07, 6.45) is 1.54. The van der Waals surface area contributed by atoms with Crippen molar-refractivity contribution in [2.75, 3.05) is 0 Å². The van der Waals surface area contributed by atoms with Gasteiger partial charge < -0.3 is 8.98 Å². The molecule has 1 aliphatic carbocycles. The van der Waals surface area contributed by atoms with Crippen molar-refractivity contribution >= 4 is 32.9 Å². The maximum atomic E-state index is 5.91. The molecule has 0 unspecified atom stereocenters. The van der Waals surface area contributed by atoms with Crippen LogP contribution in [0.3, 0.4) is 0 Å². The molecule has 55 heavy (non-hydrogen) atoms. The predicted octanol–water partition coefficient (Wildman–Crippen LogP) is 12.1. The van der Waals surface area contributed by atoms with E-state index in [1.54, 1.807) is 6.39 Å². The normalized spacial score (nSPS) is 13.1. The third kappa shape index (κ3) is 4.88. The number of nitrogens with zero attached hydrogens (tertiary/aromatic N) is 5. The van der Waals surface area contributed by atoms with Crippen LogP contribution in [0.25, 0.3) is 95.0 Å². The summed E-state index contributed by atoms with van der Waals surface area (Å²) in [5.41, 5.74) is 15.0. The lowest BCUT2D eigenvalue weighted by Gasteiger charge is -2.22. The minimum absolute atomic E-state index is 0.172. The minimum atomic E-state index is -0.172. The van der Waals surface area contributed by atoms with Gasteiger partial charge in [0.15, 0.2) is 29.4 Å². The van der Waals surface area contributed by atoms with E-state index in [2.05, 4.69) is 120 Å². The summed E-state index contributed by atoms with van der Waals surface area (Å²) in [4.78, 5) is 19.4. The molecule has 10 aromatic rings. The van der Waals surface area contributed by atoms with Gasteiger partial charge in [-0.25, -0.2) is 19.9 Å². The van der Waals surface area contributed by atoms with E-state index in [-0.39, 0.29) is 5.41 Å². The Morgan fingerprint density at radius 2 is 1.13 bits per heavy atom. The van der Waals surface area contributed by atoms with Crippen molar-refractivity contribution in [1.82, 2.24) is 24.5 Å². The van der Waals surface area contributed by atoms with E-state index >= 15 is 0 Å². The molecule has 3 aromatic heterocycles. The minimum Gasteiger partial charge on any atom is -0.443 e. The highest BCUT2D eigenvalue weighted by Gasteiger charge is 2.37. The summed E-state index contributed by atoms with van der Waals surface area (Å²) in [6.45, 7) is 4.60. The molecule has 7 aromatic carbocycles. The summed E-state index contributed by atoms with van der Waals surface area (Å²) in [7, 11) is 0. The second-order valence-electron chi connectivity index (χ2n) is 14.7. The zero-order valence-corrected chi connectivity index (χ0v) is 30.2. The fraction of sp³-hybridized carbons (Fsp3) is 0.0612. The summed E-state index contributed by atoms with van der Waals surface area (Å²) in [6, 6.07) is 55.3. The van der Waals surface area contributed by atoms with Crippen molar-refractivity contribution in [3.63, 3.8) is 0 Å². The predicted molar refractivity (Wildman–Crippen MR) is 221 cm³/mol. The lowest BCUT2D eigenvalue weighted by molar-refractivity contribution is 0.601. The van der Waals surface area contributed by atoms with Crippen molar-refractivity contribution < 1.29 is 4.42 Å². The Morgan fingerprint density at radius 3 is 1.89 bits per heavy atom. The third-order valence-electron chi connectivity index (χ3n) is 11.2. The molecule has 0 aliphatic heterocycles. The van der Waals surface area contributed by atoms with E-state index in [1.807, 2.05) is 60.7 Å². The van der Waals surface area contributed by atoms with E-state index in [0.717, 1.165) is 50.1 Å². The van der Waals surface area contributed by atoms with Crippen LogP contribution < -0.4 is 0 Å². The number of hydrogen-bond acceptors (Lipinski definition) is 5. The van der Waals surface area contributed by atoms with Gasteiger partial charge in [0.2, 0.25) is 0 Å². The van der Waals surface area contributed by atoms with Gasteiger partial charge in [0, 0.05) is 44.1 Å². The number of fused-ring (bicyclic) bond motifs is 8. The first kappa shape index (κ1) is 31.4. The van der Waals surface area contributed by atoms with Gasteiger partial charge in [-0.05, 0) is 70.3 Å². The number of aromatic nitrogens is 5. The van der Waals surface area contributed by atoms with E-state index in [1.165, 1.54) is 38.6 Å². The Hall–Kier alpha value is -7.18. The molecule has 6 nitrogen and oxygen atoms in total. The molecule has 11 rings (SSSR count). The Balaban J connectivity index is 1.04. The fourth-order valence-electron chi connectivity index (χ4n) is 8.47. The number of rotatable bonds is 5. The molecule has 0 atom stereocenters. The Labute approximate surface area is 317 Å². The first-order valence-corrected chi connectivity index (χ1v) is 18.5. The fourth-order valence-corrected chi connectivity index (χ4v) is 8.47. The lowest BCUT2D eigenvalue weighted by atomic mass is 9.81. The Morgan fingerprint density at radius 1 is 0.491 bits per heavy atom. The van der Waals surface area contributed by atoms with E-state index in [9.17, 15) is 0 Å². The molecule has 1 aliphatic rings. The van der Waals surface area contributed by atoms with Gasteiger partial charge >= 0.3 is 0 Å². The first-order chi connectivity index (χ1) is 27.0. The van der Waals surface area contributed by atoms with Crippen LogP contribution in [0.15, 0.2) is 169 Å². The smallest absolute Gasteiger partial charge is 0.182 e. The number of hydrogen-bond donors (Lipinski definition) is 0. The maximum absolute atomic E-state index is 5.91. The second-order valence-corrected chi connectivity index (χ2v) is 14.7. The van der Waals surface area contributed by atoms with Crippen molar-refractivity contribution in [3.05, 3.63) is 175 Å². The van der Waals surface area contributed by atoms with E-state index in [4.69, 9.17) is 19.4 Å². The Bertz CT molecular complexity index is 3070. The number of oxazole rings is 1. The SMILES string of the molecule is CC1(C)c2cc(-c3ccc4c(c3)c3ccccc3n4-c3cccc(-c4nc(-c5ccccc5)nc(-c5ccccc5)n4)c3)ccc2-c2c1ccc1ncoc21. The molecule has 260 valence electrons. The van der Waals surface area contributed by atoms with Crippen molar-refractivity contribution in [2.24, 2.45) is 0 Å². The molecular formula is C49H33N5O. The maximum Gasteiger partial charge on any atom is 0.182 e. The summed E-state index contributed by atoms with van der Waals surface area (Å²) < 4.78 is 8.26. The van der Waals surface area contributed by atoms with Gasteiger partial charge in [-0.2, -0.15) is 0 Å². The third-order valence-corrected chi connectivity index (χ3v) is 11.2. The Kier molecular flexibility index (Phi) is 6.79. The lowest BCUT2D eigenvalue weighted by Crippen LogP contribution is -2.14. The monoisotopic (exact) mass is 707 g/mol. The summed E-state index contributed by atoms with van der Waals surface area (Å²) in [5, 5.41) is 2.40. The molecule has 0 saturated carbocycles. The van der Waals surface area contributed by atoms with Crippen molar-refractivity contribution in [3.8, 4) is 62.1 Å². The average Bonchev–Trinajstić information content (AvgIpc) is 3.92. The van der Waals surface area contributed by atoms with Crippen LogP contribution in [0.1, 0.15) is 25.0 Å². The van der Waals surface area contributed by atoms with E-state index < -0.39 is 0 Å². The van der Waals surface area contributed by atoms with Gasteiger partial charge in [-0.15, -0.1) is 0 Å². The zero-order chi connectivity index (χ0) is 36.7. The number of benzene rings is 7. The highest BCUT2D eigenvalue weighted by atomic mass is 16.3.